The molecule has 85 heavy (non-hydrogen) atoms. The summed E-state index contributed by atoms with van der Waals surface area (Å²) in [5.41, 5.74) is 2.58. The summed E-state index contributed by atoms with van der Waals surface area (Å²) in [5.74, 6) is -2.93. The molecule has 3 aromatic heterocycles. The number of aryl methyl sites for hydroxylation is 2. The minimum Gasteiger partial charge on any atom is -0.420 e. The second-order valence-electron chi connectivity index (χ2n) is 21.6. The first-order valence-electron chi connectivity index (χ1n) is 29.6. The second kappa shape index (κ2) is 33.6. The summed E-state index contributed by atoms with van der Waals surface area (Å²) in [5, 5.41) is 28.0. The van der Waals surface area contributed by atoms with E-state index < -0.39 is 29.2 Å². The van der Waals surface area contributed by atoms with Crippen molar-refractivity contribution < 1.29 is 70.2 Å². The Morgan fingerprint density at radius 1 is 0.718 bits per heavy atom. The quantitative estimate of drug-likeness (QED) is 0.0277. The number of unbranched alkanes of at least 4 members (excludes halogenated alkanes) is 1. The van der Waals surface area contributed by atoms with Gasteiger partial charge in [0, 0.05) is 67.1 Å². The van der Waals surface area contributed by atoms with Gasteiger partial charge in [0.05, 0.1) is 142 Å². The fraction of sp³-hybridized carbons (Fsp3) is 0.627. The van der Waals surface area contributed by atoms with Crippen molar-refractivity contribution in [1.29, 1.82) is 0 Å². The number of halogens is 3. The molecule has 5 heterocycles. The molecule has 2 aromatic carbocycles. The highest BCUT2D eigenvalue weighted by atomic mass is 19.1. The molecule has 5 atom stereocenters. The number of nitrogens with zero attached hydrogens (tertiary/aromatic N) is 9. The molecule has 9 rings (SSSR count). The molecule has 2 aliphatic carbocycles. The van der Waals surface area contributed by atoms with E-state index in [2.05, 4.69) is 83.3 Å². The Morgan fingerprint density at radius 3 is 1.94 bits per heavy atom. The number of carbonyl (C=O) groups is 3. The maximum Gasteiger partial charge on any atom is 0.313 e. The van der Waals surface area contributed by atoms with E-state index in [0.29, 0.717) is 141 Å². The molecular weight excluding hydrogens is 1110 g/mol. The summed E-state index contributed by atoms with van der Waals surface area (Å²) in [6, 6.07) is 11.9. The smallest absolute Gasteiger partial charge is 0.313 e. The Kier molecular flexibility index (Phi) is 25.6. The highest BCUT2D eigenvalue weighted by Crippen LogP contribution is 2.70. The van der Waals surface area contributed by atoms with Crippen LogP contribution in [0.5, 0.6) is 5.75 Å². The van der Waals surface area contributed by atoms with Crippen LogP contribution in [0.1, 0.15) is 110 Å². The number of fused-ring (bicyclic) bond motifs is 1. The number of piperidine rings is 1. The number of hydrogen-bond acceptors (Lipinski definition) is 18. The van der Waals surface area contributed by atoms with E-state index in [9.17, 15) is 27.6 Å². The topological polar surface area (TPSA) is 241 Å². The van der Waals surface area contributed by atoms with E-state index in [1.165, 1.54) is 23.7 Å². The number of aromatic nitrogens is 8. The number of rotatable bonds is 43. The Hall–Kier alpha value is -6.23. The summed E-state index contributed by atoms with van der Waals surface area (Å²) in [4.78, 5) is 41.0. The molecule has 4 aliphatic rings. The van der Waals surface area contributed by atoms with Crippen molar-refractivity contribution in [3.8, 4) is 5.75 Å². The molecule has 2 aliphatic heterocycles. The van der Waals surface area contributed by atoms with Crippen LogP contribution in [-0.2, 0) is 67.0 Å². The van der Waals surface area contributed by atoms with Gasteiger partial charge in [-0.15, -0.1) is 15.3 Å². The molecule has 2 amide bonds. The molecule has 0 radical (unpaired) electrons. The fourth-order valence-corrected chi connectivity index (χ4v) is 11.4. The zero-order valence-electron chi connectivity index (χ0n) is 49.0. The van der Waals surface area contributed by atoms with Crippen LogP contribution < -0.4 is 15.4 Å². The fourth-order valence-electron chi connectivity index (χ4n) is 11.4. The molecule has 4 unspecified atom stereocenters. The molecule has 2 N–H and O–H groups in total. The summed E-state index contributed by atoms with van der Waals surface area (Å²) in [6.45, 7) is 14.2. The van der Waals surface area contributed by atoms with Gasteiger partial charge in [-0.2, -0.15) is 5.10 Å². The van der Waals surface area contributed by atoms with Crippen LogP contribution in [0.25, 0.3) is 0 Å². The number of carbonyl (C=O) groups excluding carboxylic acids is 3. The number of ether oxygens (including phenoxy) is 9. The first-order chi connectivity index (χ1) is 41.4. The van der Waals surface area contributed by atoms with Crippen molar-refractivity contribution in [2.75, 3.05) is 119 Å². The second-order valence-corrected chi connectivity index (χ2v) is 21.6. The molecular formula is C59H82F3N11O12. The van der Waals surface area contributed by atoms with Crippen LogP contribution in [0.4, 0.5) is 13.2 Å². The van der Waals surface area contributed by atoms with Gasteiger partial charge < -0.3 is 57.8 Å². The van der Waals surface area contributed by atoms with E-state index in [1.54, 1.807) is 10.9 Å². The Morgan fingerprint density at radius 2 is 1.33 bits per heavy atom. The first-order valence-corrected chi connectivity index (χ1v) is 29.6. The molecule has 2 saturated heterocycles. The predicted molar refractivity (Wildman–Crippen MR) is 301 cm³/mol. The third-order valence-corrected chi connectivity index (χ3v) is 15.4. The monoisotopic (exact) mass is 1190 g/mol. The molecule has 1 spiro atoms. The van der Waals surface area contributed by atoms with Gasteiger partial charge in [0.15, 0.2) is 11.6 Å². The molecule has 4 fully saturated rings. The highest BCUT2D eigenvalue weighted by molar-refractivity contribution is 5.93. The number of amides is 2. The van der Waals surface area contributed by atoms with Crippen molar-refractivity contribution in [1.82, 2.24) is 55.1 Å². The van der Waals surface area contributed by atoms with Crippen LogP contribution in [0.3, 0.4) is 0 Å². The lowest BCUT2D eigenvalue weighted by molar-refractivity contribution is -0.190. The standard InChI is InChI=1S/C59H82F3N11O12/c1-42(2)57-68-66-43(3)73(57)52-37-59-15-12-51(55(52)59)72(59)17-13-50(44-9-5-4-6-10-44)65-53(74)41-71-39-45(38-64-71)58(76)63-16-8-7-11-47-40-70(69-67-47)18-20-78-22-24-80-26-28-82-30-32-84-34-33-83-31-29-81-27-25-79-23-21-77-19-14-54(75)85-56-48(61)35-46(60)36-49(56)62/h4-6,9-10,35-36,38-40,42,50-52,55H,7-8,11-34,37,41H2,1-3H3,(H,63,76)(H,65,74)/t50-,51?,52?,55?,59?/m0/s1. The summed E-state index contributed by atoms with van der Waals surface area (Å²) in [7, 11) is 0. The van der Waals surface area contributed by atoms with Crippen molar-refractivity contribution >= 4 is 17.8 Å². The van der Waals surface area contributed by atoms with Crippen molar-refractivity contribution in [3.05, 3.63) is 107 Å². The zero-order valence-corrected chi connectivity index (χ0v) is 49.0. The molecule has 26 heteroatoms. The van der Waals surface area contributed by atoms with Crippen molar-refractivity contribution in [2.45, 2.75) is 115 Å². The van der Waals surface area contributed by atoms with Gasteiger partial charge in [0.1, 0.15) is 24.0 Å². The number of hydrogen-bond donors (Lipinski definition) is 2. The SMILES string of the molecule is Cc1nnc(C(C)C)n1C1CC23CCC(C12)N3CC[C@H](NC(=O)Cn1cc(C(=O)NCCCCc2cn(CCOCCOCCOCCOCCOCCOCCOCCOCCC(=O)Oc3c(F)cc(F)cc3F)nn2)cn1)c1ccccc1. The summed E-state index contributed by atoms with van der Waals surface area (Å²) in [6.07, 6.45) is 11.4. The van der Waals surface area contributed by atoms with Crippen LogP contribution in [0.15, 0.2) is 61.1 Å². The maximum absolute atomic E-state index is 13.6. The van der Waals surface area contributed by atoms with Crippen LogP contribution in [-0.4, -0.2) is 193 Å². The predicted octanol–water partition coefficient (Wildman–Crippen LogP) is 5.52. The number of benzene rings is 2. The largest absolute Gasteiger partial charge is 0.420 e. The van der Waals surface area contributed by atoms with E-state index in [0.717, 1.165) is 61.6 Å². The van der Waals surface area contributed by atoms with Gasteiger partial charge >= 0.3 is 5.97 Å². The number of nitrogens with one attached hydrogen (secondary N) is 2. The van der Waals surface area contributed by atoms with Gasteiger partial charge in [-0.1, -0.05) is 49.4 Å². The number of esters is 1. The van der Waals surface area contributed by atoms with Gasteiger partial charge in [-0.3, -0.25) is 24.0 Å². The summed E-state index contributed by atoms with van der Waals surface area (Å²) >= 11 is 0. The van der Waals surface area contributed by atoms with Crippen molar-refractivity contribution in [2.24, 2.45) is 5.92 Å². The van der Waals surface area contributed by atoms with Gasteiger partial charge in [-0.25, -0.2) is 17.9 Å². The molecule has 2 bridgehead atoms. The lowest BCUT2D eigenvalue weighted by Crippen LogP contribution is -2.76. The Balaban J connectivity index is 0.563. The van der Waals surface area contributed by atoms with Gasteiger partial charge in [0.2, 0.25) is 11.7 Å². The minimum atomic E-state index is -1.31. The van der Waals surface area contributed by atoms with E-state index in [4.69, 9.17) is 37.9 Å². The van der Waals surface area contributed by atoms with Crippen molar-refractivity contribution in [3.63, 3.8) is 0 Å². The molecule has 466 valence electrons. The average Bonchev–Trinajstić information content (AvgIpc) is 1.56. The maximum atomic E-state index is 13.6. The van der Waals surface area contributed by atoms with Crippen LogP contribution in [0.2, 0.25) is 0 Å². The highest BCUT2D eigenvalue weighted by Gasteiger charge is 2.74. The van der Waals surface area contributed by atoms with Crippen LogP contribution >= 0.6 is 0 Å². The van der Waals surface area contributed by atoms with E-state index in [1.807, 2.05) is 24.4 Å². The average molecular weight is 1190 g/mol. The van der Waals surface area contributed by atoms with Gasteiger partial charge in [0.25, 0.3) is 5.91 Å². The minimum absolute atomic E-state index is 0.00567. The third-order valence-electron chi connectivity index (χ3n) is 15.4. The molecule has 2 saturated carbocycles. The lowest BCUT2D eigenvalue weighted by Gasteiger charge is -2.69. The normalized spacial score (nSPS) is 18.3. The Labute approximate surface area is 493 Å². The molecule has 5 aromatic rings. The third kappa shape index (κ3) is 18.9. The summed E-state index contributed by atoms with van der Waals surface area (Å²) < 4.78 is 94.3. The lowest BCUT2D eigenvalue weighted by atomic mass is 9.56. The Bertz CT molecular complexity index is 2820. The van der Waals surface area contributed by atoms with E-state index in [-0.39, 0.29) is 56.2 Å². The van der Waals surface area contributed by atoms with Gasteiger partial charge in [-0.05, 0) is 57.4 Å². The van der Waals surface area contributed by atoms with E-state index >= 15 is 0 Å². The zero-order chi connectivity index (χ0) is 59.8. The molecule has 23 nitrogen and oxygen atoms in total. The van der Waals surface area contributed by atoms with Crippen LogP contribution in [0, 0.1) is 30.3 Å². The first kappa shape index (κ1) is 64.8.